The molecule has 4 heterocycles. The zero-order valence-corrected chi connectivity index (χ0v) is 21.1. The van der Waals surface area contributed by atoms with Crippen LogP contribution in [0.4, 0.5) is 11.6 Å². The van der Waals surface area contributed by atoms with Crippen molar-refractivity contribution in [2.45, 2.75) is 38.9 Å². The van der Waals surface area contributed by atoms with Crippen LogP contribution in [0.15, 0.2) is 49.2 Å². The van der Waals surface area contributed by atoms with E-state index in [4.69, 9.17) is 30.5 Å². The van der Waals surface area contributed by atoms with Crippen molar-refractivity contribution in [2.75, 3.05) is 25.1 Å². The molecular formula is C26H27ClN6O4. The summed E-state index contributed by atoms with van der Waals surface area (Å²) in [6.07, 6.45) is 10.2. The van der Waals surface area contributed by atoms with Gasteiger partial charge in [0.2, 0.25) is 5.88 Å². The van der Waals surface area contributed by atoms with Gasteiger partial charge in [0.15, 0.2) is 6.29 Å². The summed E-state index contributed by atoms with van der Waals surface area (Å²) in [5, 5.41) is 4.26. The molecule has 4 aromatic rings. The Hall–Kier alpha value is -3.60. The summed E-state index contributed by atoms with van der Waals surface area (Å²) in [6.45, 7) is 3.71. The van der Waals surface area contributed by atoms with Gasteiger partial charge in [0.05, 0.1) is 43.0 Å². The second-order valence-electron chi connectivity index (χ2n) is 8.50. The first-order valence-electron chi connectivity index (χ1n) is 12.1. The molecule has 11 heteroatoms. The zero-order valence-electron chi connectivity index (χ0n) is 20.4. The van der Waals surface area contributed by atoms with Gasteiger partial charge >= 0.3 is 0 Å². The SMILES string of the molecule is Cc1cnc(Nc2ncnc3ccc(Oc4ncc(OCCCOC5CCCCO5)cc4Cl)cc23)cn1. The molecule has 0 saturated carbocycles. The maximum absolute atomic E-state index is 6.43. The van der Waals surface area contributed by atoms with Gasteiger partial charge in [-0.05, 0) is 44.4 Å². The van der Waals surface area contributed by atoms with Crippen molar-refractivity contribution in [1.82, 2.24) is 24.9 Å². The molecule has 1 aliphatic heterocycles. The van der Waals surface area contributed by atoms with Crippen molar-refractivity contribution in [1.29, 1.82) is 0 Å². The fourth-order valence-electron chi connectivity index (χ4n) is 3.76. The van der Waals surface area contributed by atoms with E-state index in [1.807, 2.05) is 19.1 Å². The number of rotatable bonds is 10. The van der Waals surface area contributed by atoms with Crippen LogP contribution in [0.1, 0.15) is 31.4 Å². The number of aromatic nitrogens is 5. The number of pyridine rings is 1. The van der Waals surface area contributed by atoms with E-state index in [2.05, 4.69) is 30.2 Å². The molecule has 1 aliphatic rings. The summed E-state index contributed by atoms with van der Waals surface area (Å²) >= 11 is 6.43. The minimum atomic E-state index is -0.0916. The number of nitrogens with one attached hydrogen (secondary N) is 1. The van der Waals surface area contributed by atoms with Crippen LogP contribution in [0, 0.1) is 6.92 Å². The highest BCUT2D eigenvalue weighted by Gasteiger charge is 2.14. The van der Waals surface area contributed by atoms with Crippen LogP contribution < -0.4 is 14.8 Å². The summed E-state index contributed by atoms with van der Waals surface area (Å²) in [4.78, 5) is 21.6. The van der Waals surface area contributed by atoms with E-state index in [0.717, 1.165) is 48.9 Å². The van der Waals surface area contributed by atoms with Crippen molar-refractivity contribution < 1.29 is 18.9 Å². The average molecular weight is 523 g/mol. The fourth-order valence-corrected chi connectivity index (χ4v) is 3.95. The normalized spacial score (nSPS) is 15.5. The van der Waals surface area contributed by atoms with Gasteiger partial charge in [0.1, 0.15) is 34.5 Å². The van der Waals surface area contributed by atoms with Gasteiger partial charge in [-0.15, -0.1) is 0 Å². The lowest BCUT2D eigenvalue weighted by molar-refractivity contribution is -0.163. The minimum absolute atomic E-state index is 0.0916. The second-order valence-corrected chi connectivity index (χ2v) is 8.91. The van der Waals surface area contributed by atoms with Gasteiger partial charge in [-0.3, -0.25) is 4.98 Å². The third-order valence-electron chi connectivity index (χ3n) is 5.63. The monoisotopic (exact) mass is 522 g/mol. The number of nitrogens with zero attached hydrogens (tertiary/aromatic N) is 5. The number of aryl methyl sites for hydroxylation is 1. The van der Waals surface area contributed by atoms with E-state index in [0.29, 0.717) is 41.4 Å². The Balaban J connectivity index is 1.20. The first-order chi connectivity index (χ1) is 18.1. The molecule has 0 bridgehead atoms. The van der Waals surface area contributed by atoms with E-state index in [9.17, 15) is 0 Å². The van der Waals surface area contributed by atoms with Gasteiger partial charge < -0.3 is 24.3 Å². The van der Waals surface area contributed by atoms with Crippen molar-refractivity contribution in [3.8, 4) is 17.4 Å². The first kappa shape index (κ1) is 25.1. The largest absolute Gasteiger partial charge is 0.492 e. The van der Waals surface area contributed by atoms with E-state index < -0.39 is 0 Å². The number of hydrogen-bond donors (Lipinski definition) is 1. The molecule has 0 amide bonds. The van der Waals surface area contributed by atoms with Crippen LogP contribution in [-0.4, -0.2) is 51.0 Å². The van der Waals surface area contributed by atoms with Crippen LogP contribution in [-0.2, 0) is 9.47 Å². The molecule has 3 aromatic heterocycles. The number of benzene rings is 1. The number of halogens is 1. The molecule has 1 aromatic carbocycles. The molecule has 0 radical (unpaired) electrons. The maximum atomic E-state index is 6.43. The Morgan fingerprint density at radius 3 is 2.76 bits per heavy atom. The molecule has 192 valence electrons. The second kappa shape index (κ2) is 12.1. The van der Waals surface area contributed by atoms with E-state index in [-0.39, 0.29) is 12.2 Å². The zero-order chi connectivity index (χ0) is 25.5. The highest BCUT2D eigenvalue weighted by Crippen LogP contribution is 2.32. The standard InChI is InChI=1S/C26H27ClN6O4/c1-17-13-29-23(15-28-17)33-25-20-11-18(6-7-22(20)31-16-32-25)37-26-21(27)12-19(14-30-26)34-9-4-10-36-24-5-2-3-8-35-24/h6-7,11-16,24H,2-5,8-10H2,1H3,(H,29,31,32,33). The molecule has 1 unspecified atom stereocenters. The Kier molecular flexibility index (Phi) is 8.19. The Morgan fingerprint density at radius 1 is 1.00 bits per heavy atom. The number of ether oxygens (including phenoxy) is 4. The van der Waals surface area contributed by atoms with Gasteiger partial charge in [0, 0.05) is 24.5 Å². The molecule has 1 atom stereocenters. The Bertz CT molecular complexity index is 1330. The fraction of sp³-hybridized carbons (Fsp3) is 0.346. The van der Waals surface area contributed by atoms with Crippen molar-refractivity contribution in [2.24, 2.45) is 0 Å². The molecule has 1 saturated heterocycles. The van der Waals surface area contributed by atoms with E-state index in [1.165, 1.54) is 6.33 Å². The quantitative estimate of drug-likeness (QED) is 0.263. The molecule has 0 spiro atoms. The van der Waals surface area contributed by atoms with Crippen LogP contribution in [0.2, 0.25) is 5.02 Å². The van der Waals surface area contributed by atoms with Crippen molar-refractivity contribution in [3.05, 3.63) is 59.9 Å². The topological polar surface area (TPSA) is 113 Å². The van der Waals surface area contributed by atoms with Gasteiger partial charge in [0.25, 0.3) is 0 Å². The lowest BCUT2D eigenvalue weighted by atomic mass is 10.2. The van der Waals surface area contributed by atoms with Gasteiger partial charge in [-0.1, -0.05) is 11.6 Å². The van der Waals surface area contributed by atoms with Crippen LogP contribution in [0.3, 0.4) is 0 Å². The maximum Gasteiger partial charge on any atom is 0.238 e. The predicted molar refractivity (Wildman–Crippen MR) is 139 cm³/mol. The smallest absolute Gasteiger partial charge is 0.238 e. The summed E-state index contributed by atoms with van der Waals surface area (Å²) in [5.74, 6) is 2.51. The lowest BCUT2D eigenvalue weighted by Crippen LogP contribution is -2.23. The Morgan fingerprint density at radius 2 is 1.95 bits per heavy atom. The summed E-state index contributed by atoms with van der Waals surface area (Å²) in [6, 6.07) is 7.13. The highest BCUT2D eigenvalue weighted by atomic mass is 35.5. The molecule has 37 heavy (non-hydrogen) atoms. The van der Waals surface area contributed by atoms with Crippen LogP contribution >= 0.6 is 11.6 Å². The molecule has 5 rings (SSSR count). The molecule has 1 N–H and O–H groups in total. The van der Waals surface area contributed by atoms with Crippen LogP contribution in [0.5, 0.6) is 17.4 Å². The first-order valence-corrected chi connectivity index (χ1v) is 12.5. The van der Waals surface area contributed by atoms with Crippen molar-refractivity contribution in [3.63, 3.8) is 0 Å². The van der Waals surface area contributed by atoms with Gasteiger partial charge in [-0.25, -0.2) is 19.9 Å². The predicted octanol–water partition coefficient (Wildman–Crippen LogP) is 5.62. The Labute approximate surface area is 219 Å². The third-order valence-corrected chi connectivity index (χ3v) is 5.90. The highest BCUT2D eigenvalue weighted by molar-refractivity contribution is 6.32. The lowest BCUT2D eigenvalue weighted by Gasteiger charge is -2.22. The van der Waals surface area contributed by atoms with Gasteiger partial charge in [-0.2, -0.15) is 0 Å². The summed E-state index contributed by atoms with van der Waals surface area (Å²) in [7, 11) is 0. The number of hydrogen-bond acceptors (Lipinski definition) is 10. The number of fused-ring (bicyclic) bond motifs is 1. The summed E-state index contributed by atoms with van der Waals surface area (Å²) < 4.78 is 23.0. The minimum Gasteiger partial charge on any atom is -0.492 e. The average Bonchev–Trinajstić information content (AvgIpc) is 2.92. The van der Waals surface area contributed by atoms with Crippen molar-refractivity contribution >= 4 is 34.1 Å². The summed E-state index contributed by atoms with van der Waals surface area (Å²) in [5.41, 5.74) is 1.57. The van der Waals surface area contributed by atoms with E-state index in [1.54, 1.807) is 30.7 Å². The number of anilines is 2. The molecule has 10 nitrogen and oxygen atoms in total. The van der Waals surface area contributed by atoms with Crippen LogP contribution in [0.25, 0.3) is 10.9 Å². The van der Waals surface area contributed by atoms with E-state index >= 15 is 0 Å². The third kappa shape index (κ3) is 6.79. The molecule has 1 fully saturated rings. The molecular weight excluding hydrogens is 496 g/mol. The molecule has 0 aliphatic carbocycles.